The number of thioether (sulfide) groups is 1. The largest absolute Gasteiger partial charge is 0.372 e. The van der Waals surface area contributed by atoms with E-state index in [1.807, 2.05) is 27.7 Å². The lowest BCUT2D eigenvalue weighted by atomic mass is 10.1. The molecular formula is C31H51F2N3S. The monoisotopic (exact) mass is 535 g/mol. The van der Waals surface area contributed by atoms with Crippen molar-refractivity contribution in [3.63, 3.8) is 0 Å². The van der Waals surface area contributed by atoms with Crippen molar-refractivity contribution in [2.75, 3.05) is 18.0 Å². The van der Waals surface area contributed by atoms with Crippen LogP contribution in [-0.2, 0) is 13.0 Å². The molecule has 3 rings (SSSR count). The van der Waals surface area contributed by atoms with Gasteiger partial charge in [0.15, 0.2) is 0 Å². The molecule has 1 aromatic heterocycles. The molecule has 1 atom stereocenters. The van der Waals surface area contributed by atoms with E-state index < -0.39 is 5.92 Å². The van der Waals surface area contributed by atoms with Crippen molar-refractivity contribution >= 4 is 22.4 Å². The third kappa shape index (κ3) is 13.3. The first-order valence-electron chi connectivity index (χ1n) is 13.7. The van der Waals surface area contributed by atoms with Crippen LogP contribution in [0.3, 0.4) is 0 Å². The van der Waals surface area contributed by atoms with Gasteiger partial charge < -0.3 is 4.90 Å². The summed E-state index contributed by atoms with van der Waals surface area (Å²) in [5.41, 5.74) is 4.14. The highest BCUT2D eigenvalue weighted by atomic mass is 32.2. The molecule has 1 fully saturated rings. The molecule has 0 bridgehead atoms. The highest BCUT2D eigenvalue weighted by molar-refractivity contribution is 8.08. The molecule has 2 aromatic rings. The Morgan fingerprint density at radius 2 is 1.57 bits per heavy atom. The molecule has 3 nitrogen and oxygen atoms in total. The summed E-state index contributed by atoms with van der Waals surface area (Å²) in [7, 11) is 1.51. The van der Waals surface area contributed by atoms with Gasteiger partial charge in [0.2, 0.25) is 0 Å². The van der Waals surface area contributed by atoms with E-state index in [0.717, 1.165) is 12.5 Å². The Labute approximate surface area is 230 Å². The quantitative estimate of drug-likeness (QED) is 0.329. The van der Waals surface area contributed by atoms with E-state index in [9.17, 15) is 8.78 Å². The van der Waals surface area contributed by atoms with Crippen LogP contribution < -0.4 is 4.90 Å². The summed E-state index contributed by atoms with van der Waals surface area (Å²) >= 11 is 1.48. The van der Waals surface area contributed by atoms with Gasteiger partial charge in [-0.2, -0.15) is 13.9 Å². The number of benzene rings is 1. The van der Waals surface area contributed by atoms with Crippen LogP contribution in [0.5, 0.6) is 0 Å². The SMILES string of the molecule is C=C(SC(C)C(=C)C)c1cc(C(C)(F)F)n(C)n1.CC.CCCC.Cc1ccc(N2CCCCC2)cc1. The lowest BCUT2D eigenvalue weighted by molar-refractivity contribution is 0.00883. The maximum Gasteiger partial charge on any atom is 0.286 e. The lowest BCUT2D eigenvalue weighted by Crippen LogP contribution is -2.29. The number of aromatic nitrogens is 2. The van der Waals surface area contributed by atoms with Gasteiger partial charge in [0.25, 0.3) is 5.92 Å². The minimum absolute atomic E-state index is 0.109. The minimum atomic E-state index is -2.90. The lowest BCUT2D eigenvalue weighted by Gasteiger charge is -2.28. The van der Waals surface area contributed by atoms with E-state index in [1.165, 1.54) is 86.0 Å². The summed E-state index contributed by atoms with van der Waals surface area (Å²) in [6.07, 6.45) is 6.75. The van der Waals surface area contributed by atoms with Crippen LogP contribution in [0.15, 0.2) is 49.1 Å². The van der Waals surface area contributed by atoms with Gasteiger partial charge in [-0.25, -0.2) is 0 Å². The van der Waals surface area contributed by atoms with Crippen LogP contribution in [0, 0.1) is 6.92 Å². The summed E-state index contributed by atoms with van der Waals surface area (Å²) < 4.78 is 27.7. The first-order valence-corrected chi connectivity index (χ1v) is 14.5. The van der Waals surface area contributed by atoms with Crippen LogP contribution in [0.4, 0.5) is 14.5 Å². The zero-order valence-electron chi connectivity index (χ0n) is 24.8. The first kappa shape index (κ1) is 34.9. The molecule has 0 saturated carbocycles. The standard InChI is InChI=1S/C13H18F2N2S.C12H17N.C4H10.C2H6/c1-8(2)9(3)18-10(4)11-7-12(13(5,14)15)17(6)16-11;1-11-5-7-12(8-6-11)13-9-3-2-4-10-13;1-3-4-2;1-2/h7,9H,1,4H2,2-3,5-6H3;5-8H,2-4,9-10H2,1H3;3-4H2,1-2H3;1-2H3. The molecule has 0 spiro atoms. The number of alkyl halides is 2. The molecule has 0 aliphatic carbocycles. The second-order valence-electron chi connectivity index (χ2n) is 9.34. The Balaban J connectivity index is 0.000000594. The number of anilines is 1. The van der Waals surface area contributed by atoms with E-state index in [-0.39, 0.29) is 10.9 Å². The third-order valence-electron chi connectivity index (χ3n) is 5.88. The maximum absolute atomic E-state index is 13.3. The van der Waals surface area contributed by atoms with Gasteiger partial charge in [0.05, 0.1) is 5.69 Å². The Morgan fingerprint density at radius 3 is 1.97 bits per heavy atom. The predicted molar refractivity (Wildman–Crippen MR) is 163 cm³/mol. The molecular weight excluding hydrogens is 484 g/mol. The van der Waals surface area contributed by atoms with Crippen LogP contribution in [0.1, 0.15) is 97.5 Å². The summed E-state index contributed by atoms with van der Waals surface area (Å²) in [6, 6.07) is 10.3. The molecule has 1 aliphatic heterocycles. The van der Waals surface area contributed by atoms with Crippen molar-refractivity contribution in [2.45, 2.75) is 98.7 Å². The Kier molecular flexibility index (Phi) is 17.2. The molecule has 1 unspecified atom stereocenters. The average molecular weight is 536 g/mol. The molecule has 1 saturated heterocycles. The molecule has 2 heterocycles. The average Bonchev–Trinajstić information content (AvgIpc) is 3.29. The number of nitrogens with zero attached hydrogens (tertiary/aromatic N) is 3. The maximum atomic E-state index is 13.3. The highest BCUT2D eigenvalue weighted by Gasteiger charge is 2.29. The van der Waals surface area contributed by atoms with Gasteiger partial charge >= 0.3 is 0 Å². The van der Waals surface area contributed by atoms with Gasteiger partial charge in [-0.15, -0.1) is 11.8 Å². The fourth-order valence-electron chi connectivity index (χ4n) is 3.30. The molecule has 1 aliphatic rings. The van der Waals surface area contributed by atoms with Gasteiger partial charge in [-0.05, 0) is 58.2 Å². The first-order chi connectivity index (χ1) is 17.4. The van der Waals surface area contributed by atoms with Gasteiger partial charge in [0, 0.05) is 42.9 Å². The third-order valence-corrected chi connectivity index (χ3v) is 7.13. The van der Waals surface area contributed by atoms with Gasteiger partial charge in [0.1, 0.15) is 5.69 Å². The Bertz CT molecular complexity index is 906. The van der Waals surface area contributed by atoms with E-state index in [0.29, 0.717) is 10.6 Å². The minimum Gasteiger partial charge on any atom is -0.372 e. The van der Waals surface area contributed by atoms with Crippen molar-refractivity contribution < 1.29 is 8.78 Å². The summed E-state index contributed by atoms with van der Waals surface area (Å²) in [6.45, 7) is 25.5. The normalized spacial score (nSPS) is 13.6. The van der Waals surface area contributed by atoms with Crippen molar-refractivity contribution in [2.24, 2.45) is 7.05 Å². The number of rotatable bonds is 7. The molecule has 210 valence electrons. The van der Waals surface area contributed by atoms with E-state index in [1.54, 1.807) is 0 Å². The van der Waals surface area contributed by atoms with Gasteiger partial charge in [-0.1, -0.05) is 77.0 Å². The van der Waals surface area contributed by atoms with Crippen molar-refractivity contribution in [1.29, 1.82) is 0 Å². The Morgan fingerprint density at radius 1 is 1.05 bits per heavy atom. The van der Waals surface area contributed by atoms with Crippen LogP contribution in [0.25, 0.3) is 4.91 Å². The van der Waals surface area contributed by atoms with Crippen LogP contribution in [0.2, 0.25) is 0 Å². The zero-order valence-corrected chi connectivity index (χ0v) is 25.7. The van der Waals surface area contributed by atoms with E-state index in [2.05, 4.69) is 68.2 Å². The summed E-state index contributed by atoms with van der Waals surface area (Å²) in [4.78, 5) is 3.17. The summed E-state index contributed by atoms with van der Waals surface area (Å²) in [5, 5.41) is 4.26. The number of aryl methyl sites for hydroxylation is 2. The summed E-state index contributed by atoms with van der Waals surface area (Å²) in [5.74, 6) is -2.90. The van der Waals surface area contributed by atoms with Crippen molar-refractivity contribution in [3.05, 3.63) is 66.0 Å². The highest BCUT2D eigenvalue weighted by Crippen LogP contribution is 2.34. The number of unbranched alkanes of at least 4 members (excludes halogenated alkanes) is 1. The molecule has 1 aromatic carbocycles. The van der Waals surface area contributed by atoms with Gasteiger partial charge in [-0.3, -0.25) is 4.68 Å². The van der Waals surface area contributed by atoms with Crippen molar-refractivity contribution in [3.8, 4) is 0 Å². The molecule has 0 N–H and O–H groups in total. The molecule has 0 amide bonds. The molecule has 0 radical (unpaired) electrons. The van der Waals surface area contributed by atoms with Crippen LogP contribution >= 0.6 is 11.8 Å². The number of halogens is 2. The molecule has 37 heavy (non-hydrogen) atoms. The molecule has 6 heteroatoms. The number of hydrogen-bond acceptors (Lipinski definition) is 3. The second kappa shape index (κ2) is 18.2. The number of piperidine rings is 1. The number of hydrogen-bond donors (Lipinski definition) is 0. The fraction of sp³-hybridized carbons (Fsp3) is 0.581. The predicted octanol–water partition coefficient (Wildman–Crippen LogP) is 10.0. The van der Waals surface area contributed by atoms with E-state index >= 15 is 0 Å². The fourth-order valence-corrected chi connectivity index (χ4v) is 4.14. The zero-order chi connectivity index (χ0) is 28.6. The van der Waals surface area contributed by atoms with Crippen molar-refractivity contribution in [1.82, 2.24) is 9.78 Å². The second-order valence-corrected chi connectivity index (χ2v) is 10.8. The smallest absolute Gasteiger partial charge is 0.286 e. The topological polar surface area (TPSA) is 21.1 Å². The van der Waals surface area contributed by atoms with E-state index in [4.69, 9.17) is 0 Å². The Hall–Kier alpha value is -2.08. The van der Waals surface area contributed by atoms with Crippen LogP contribution in [-0.4, -0.2) is 28.1 Å².